The van der Waals surface area contributed by atoms with Crippen LogP contribution in [0.15, 0.2) is 24.3 Å². The summed E-state index contributed by atoms with van der Waals surface area (Å²) in [4.78, 5) is 50.5. The number of fused-ring (bicyclic) bond motifs is 4. The highest BCUT2D eigenvalue weighted by Crippen LogP contribution is 2.57. The summed E-state index contributed by atoms with van der Waals surface area (Å²) in [6.45, 7) is 5.45. The van der Waals surface area contributed by atoms with Gasteiger partial charge in [-0.3, -0.25) is 19.2 Å². The lowest BCUT2D eigenvalue weighted by molar-refractivity contribution is -0.365. The van der Waals surface area contributed by atoms with E-state index in [0.29, 0.717) is 28.2 Å². The first kappa shape index (κ1) is 34.8. The fourth-order valence-corrected chi connectivity index (χ4v) is 7.58. The number of carbonyl (C=O) groups excluding carboxylic acids is 4. The zero-order valence-electron chi connectivity index (χ0n) is 28.7. The van der Waals surface area contributed by atoms with Crippen molar-refractivity contribution in [3.63, 3.8) is 0 Å². The molecule has 2 aromatic rings. The Morgan fingerprint density at radius 1 is 0.784 bits per heavy atom. The molecule has 274 valence electrons. The van der Waals surface area contributed by atoms with Crippen LogP contribution in [-0.2, 0) is 52.3 Å². The molecule has 4 aliphatic heterocycles. The van der Waals surface area contributed by atoms with Crippen molar-refractivity contribution in [1.29, 1.82) is 0 Å². The molecule has 0 N–H and O–H groups in total. The van der Waals surface area contributed by atoms with Crippen molar-refractivity contribution in [3.05, 3.63) is 41.0 Å². The second-order valence-electron chi connectivity index (χ2n) is 12.7. The summed E-state index contributed by atoms with van der Waals surface area (Å²) >= 11 is 0. The van der Waals surface area contributed by atoms with Crippen LogP contribution < -0.4 is 23.7 Å². The highest BCUT2D eigenvalue weighted by Gasteiger charge is 2.58. The average Bonchev–Trinajstić information content (AvgIpc) is 3.71. The van der Waals surface area contributed by atoms with Gasteiger partial charge in [0.2, 0.25) is 12.5 Å². The lowest BCUT2D eigenvalue weighted by Crippen LogP contribution is -2.65. The van der Waals surface area contributed by atoms with Crippen LogP contribution in [0.5, 0.6) is 28.7 Å². The number of benzene rings is 2. The Balaban J connectivity index is 1.34. The van der Waals surface area contributed by atoms with Gasteiger partial charge in [0.25, 0.3) is 0 Å². The van der Waals surface area contributed by atoms with Gasteiger partial charge in [0.15, 0.2) is 47.8 Å². The van der Waals surface area contributed by atoms with Crippen molar-refractivity contribution in [2.45, 2.75) is 76.7 Å². The first-order chi connectivity index (χ1) is 24.5. The molecule has 5 aliphatic rings. The topological polar surface area (TPSA) is 179 Å². The van der Waals surface area contributed by atoms with E-state index < -0.39 is 84.7 Å². The molecule has 16 heteroatoms. The zero-order valence-corrected chi connectivity index (χ0v) is 28.7. The van der Waals surface area contributed by atoms with Crippen LogP contribution in [0.2, 0.25) is 0 Å². The molecule has 0 saturated carbocycles. The van der Waals surface area contributed by atoms with E-state index in [1.54, 1.807) is 31.2 Å². The quantitative estimate of drug-likeness (QED) is 0.221. The third-order valence-corrected chi connectivity index (χ3v) is 9.53. The molecule has 0 radical (unpaired) electrons. The summed E-state index contributed by atoms with van der Waals surface area (Å²) in [5.74, 6) is -3.02. The predicted octanol–water partition coefficient (Wildman–Crippen LogP) is 2.70. The molecular formula is C35H38O16. The van der Waals surface area contributed by atoms with Crippen molar-refractivity contribution in [2.24, 2.45) is 11.8 Å². The van der Waals surface area contributed by atoms with Crippen LogP contribution in [0.4, 0.5) is 0 Å². The van der Waals surface area contributed by atoms with E-state index in [0.717, 1.165) is 0 Å². The van der Waals surface area contributed by atoms with Gasteiger partial charge in [0, 0.05) is 32.6 Å². The number of rotatable bonds is 8. The van der Waals surface area contributed by atoms with Crippen molar-refractivity contribution in [3.8, 4) is 28.7 Å². The Morgan fingerprint density at radius 3 is 2.06 bits per heavy atom. The molecule has 16 nitrogen and oxygen atoms in total. The smallest absolute Gasteiger partial charge is 0.310 e. The molecule has 1 unspecified atom stereocenters. The SMILES string of the molecule is COc1cc([C@@H]2c3cc4c(cc3[C@@H](O[C@@H]3O[C@@H]5CO[C@@H](C)O[C@H]5[C@H](OC(C)=O)[C@H]3OC(C)=O)C3COC(=O)[C@@H]32)OCO4)cc(OC)c1OC(C)=O. The van der Waals surface area contributed by atoms with Crippen LogP contribution >= 0.6 is 0 Å². The first-order valence-corrected chi connectivity index (χ1v) is 16.4. The van der Waals surface area contributed by atoms with E-state index in [4.69, 9.17) is 56.8 Å². The van der Waals surface area contributed by atoms with Crippen LogP contribution in [0.3, 0.4) is 0 Å². The summed E-state index contributed by atoms with van der Waals surface area (Å²) in [5.41, 5.74) is 1.86. The molecule has 0 bridgehead atoms. The fourth-order valence-electron chi connectivity index (χ4n) is 7.58. The number of ether oxygens (including phenoxy) is 12. The predicted molar refractivity (Wildman–Crippen MR) is 167 cm³/mol. The van der Waals surface area contributed by atoms with Gasteiger partial charge >= 0.3 is 23.9 Å². The summed E-state index contributed by atoms with van der Waals surface area (Å²) in [5, 5.41) is 0. The van der Waals surface area contributed by atoms with Gasteiger partial charge in [-0.1, -0.05) is 0 Å². The second kappa shape index (κ2) is 13.8. The molecule has 7 rings (SSSR count). The molecule has 10 atom stereocenters. The number of esters is 4. The highest BCUT2D eigenvalue weighted by molar-refractivity contribution is 5.79. The third kappa shape index (κ3) is 6.41. The molecule has 3 saturated heterocycles. The molecule has 51 heavy (non-hydrogen) atoms. The van der Waals surface area contributed by atoms with Gasteiger partial charge in [-0.15, -0.1) is 0 Å². The number of methoxy groups -OCH3 is 2. The molecule has 0 spiro atoms. The second-order valence-corrected chi connectivity index (χ2v) is 12.7. The molecule has 4 heterocycles. The largest absolute Gasteiger partial charge is 0.493 e. The van der Waals surface area contributed by atoms with E-state index in [9.17, 15) is 19.2 Å². The lowest BCUT2D eigenvalue weighted by Gasteiger charge is -2.49. The normalized spacial score (nSPS) is 31.7. The number of hydrogen-bond donors (Lipinski definition) is 0. The van der Waals surface area contributed by atoms with Crippen LogP contribution in [-0.4, -0.2) is 95.1 Å². The van der Waals surface area contributed by atoms with E-state index in [2.05, 4.69) is 0 Å². The van der Waals surface area contributed by atoms with Crippen molar-refractivity contribution in [2.75, 3.05) is 34.2 Å². The fraction of sp³-hybridized carbons (Fsp3) is 0.543. The summed E-state index contributed by atoms with van der Waals surface area (Å²) in [6.07, 6.45) is -6.80. The third-order valence-electron chi connectivity index (χ3n) is 9.53. The lowest BCUT2D eigenvalue weighted by atomic mass is 9.66. The van der Waals surface area contributed by atoms with Crippen LogP contribution in [0, 0.1) is 11.8 Å². The molecule has 0 amide bonds. The molecule has 2 aromatic carbocycles. The number of carbonyl (C=O) groups is 4. The molecule has 0 aromatic heterocycles. The maximum Gasteiger partial charge on any atom is 0.310 e. The minimum Gasteiger partial charge on any atom is -0.493 e. The van der Waals surface area contributed by atoms with Gasteiger partial charge in [-0.2, -0.15) is 0 Å². The van der Waals surface area contributed by atoms with Crippen LogP contribution in [0.1, 0.15) is 56.4 Å². The van der Waals surface area contributed by atoms with E-state index in [1.165, 1.54) is 35.0 Å². The van der Waals surface area contributed by atoms with E-state index in [1.807, 2.05) is 0 Å². The minimum atomic E-state index is -1.31. The maximum absolute atomic E-state index is 13.7. The minimum absolute atomic E-state index is 0.0200. The highest BCUT2D eigenvalue weighted by atomic mass is 16.8. The van der Waals surface area contributed by atoms with Gasteiger partial charge in [0.05, 0.1) is 39.5 Å². The van der Waals surface area contributed by atoms with Gasteiger partial charge in [-0.05, 0) is 47.9 Å². The first-order valence-electron chi connectivity index (χ1n) is 16.4. The van der Waals surface area contributed by atoms with Gasteiger partial charge < -0.3 is 56.8 Å². The Hall–Kier alpha value is -4.64. The average molecular weight is 715 g/mol. The standard InChI is InChI=1S/C35H38O16/c1-14(36)46-30-24(40-5)7-18(8-25(30)41-6)27-19-9-22-23(45-13-44-22)10-20(19)29(21-11-43-34(39)28(21)27)51-35-33(48-16(3)38)32(47-15(2)37)31-26(50-35)12-42-17(4)49-31/h7-10,17,21,26-29,31-33,35H,11-13H2,1-6H3/t17-,21?,26-,27-,28+,29-,31-,32+,33-,35+/m1/s1. The Labute approximate surface area is 292 Å². The van der Waals surface area contributed by atoms with Crippen LogP contribution in [0.25, 0.3) is 0 Å². The van der Waals surface area contributed by atoms with E-state index >= 15 is 0 Å². The zero-order chi connectivity index (χ0) is 36.1. The number of hydrogen-bond acceptors (Lipinski definition) is 16. The molecule has 1 aliphatic carbocycles. The Bertz CT molecular complexity index is 1700. The monoisotopic (exact) mass is 714 g/mol. The molecular weight excluding hydrogens is 676 g/mol. The summed E-state index contributed by atoms with van der Waals surface area (Å²) in [7, 11) is 2.85. The Morgan fingerprint density at radius 2 is 1.43 bits per heavy atom. The van der Waals surface area contributed by atoms with E-state index in [-0.39, 0.29) is 37.3 Å². The molecule has 3 fully saturated rings. The van der Waals surface area contributed by atoms with Gasteiger partial charge in [-0.25, -0.2) is 0 Å². The van der Waals surface area contributed by atoms with Crippen molar-refractivity contribution < 1.29 is 76.0 Å². The van der Waals surface area contributed by atoms with Crippen molar-refractivity contribution in [1.82, 2.24) is 0 Å². The summed E-state index contributed by atoms with van der Waals surface area (Å²) in [6, 6.07) is 6.92. The Kier molecular flexibility index (Phi) is 9.43. The number of cyclic esters (lactones) is 1. The summed E-state index contributed by atoms with van der Waals surface area (Å²) < 4.78 is 70.1. The van der Waals surface area contributed by atoms with Gasteiger partial charge in [0.1, 0.15) is 12.2 Å². The maximum atomic E-state index is 13.7. The van der Waals surface area contributed by atoms with Crippen molar-refractivity contribution >= 4 is 23.9 Å².